The van der Waals surface area contributed by atoms with Gasteiger partial charge in [0.05, 0.1) is 11.9 Å². The van der Waals surface area contributed by atoms with E-state index in [0.717, 1.165) is 55.4 Å². The highest BCUT2D eigenvalue weighted by Gasteiger charge is 2.26. The summed E-state index contributed by atoms with van der Waals surface area (Å²) in [6, 6.07) is 16.2. The van der Waals surface area contributed by atoms with E-state index in [1.807, 2.05) is 36.1 Å². The van der Waals surface area contributed by atoms with Crippen molar-refractivity contribution in [2.75, 3.05) is 18.4 Å². The number of aromatic nitrogens is 3. The molecule has 0 saturated carbocycles. The number of rotatable bonds is 6. The van der Waals surface area contributed by atoms with Crippen LogP contribution >= 0.6 is 0 Å². The molecule has 0 radical (unpaired) electrons. The average molecular weight is 484 g/mol. The van der Waals surface area contributed by atoms with Gasteiger partial charge in [-0.3, -0.25) is 14.3 Å². The number of carbonyl (C=O) groups excluding carboxylic acids is 2. The predicted octanol–water partition coefficient (Wildman–Crippen LogP) is 5.40. The summed E-state index contributed by atoms with van der Waals surface area (Å²) in [5.74, 6) is -0.308. The van der Waals surface area contributed by atoms with Crippen molar-refractivity contribution in [2.24, 2.45) is 0 Å². The van der Waals surface area contributed by atoms with Crippen molar-refractivity contribution < 1.29 is 9.59 Å². The number of anilines is 1. The summed E-state index contributed by atoms with van der Waals surface area (Å²) in [6.07, 6.45) is 4.75. The van der Waals surface area contributed by atoms with Crippen molar-refractivity contribution in [3.05, 3.63) is 82.8 Å². The monoisotopic (exact) mass is 483 g/mol. The van der Waals surface area contributed by atoms with Gasteiger partial charge in [-0.25, -0.2) is 0 Å². The largest absolute Gasteiger partial charge is 0.340 e. The zero-order chi connectivity index (χ0) is 25.2. The van der Waals surface area contributed by atoms with Crippen molar-refractivity contribution in [2.45, 2.75) is 53.1 Å². The van der Waals surface area contributed by atoms with Gasteiger partial charge < -0.3 is 14.8 Å². The standard InChI is InChI=1S/C29H33N5O2/c1-4-34-27(29(36)32-15-9-6-10-16-32)25(18-30-34)31-28(35)23-13-14-26-24(17-23)20(2)21(3)33(26)19-22-11-7-5-8-12-22/h5,7-8,11-14,17-18H,4,6,9-10,15-16,19H2,1-3H3,(H,31,35). The number of fused-ring (bicyclic) bond motifs is 1. The number of amides is 2. The van der Waals surface area contributed by atoms with Gasteiger partial charge in [0.25, 0.3) is 11.8 Å². The van der Waals surface area contributed by atoms with Gasteiger partial charge in [0.2, 0.25) is 0 Å². The second-order valence-electron chi connectivity index (χ2n) is 9.54. The summed E-state index contributed by atoms with van der Waals surface area (Å²) in [6.45, 7) is 9.00. The SMILES string of the molecule is CCn1ncc(NC(=O)c2ccc3c(c2)c(C)c(C)n3Cc2ccccc2)c1C(=O)N1CCCCC1. The molecule has 0 atom stereocenters. The highest BCUT2D eigenvalue weighted by Crippen LogP contribution is 2.28. The Morgan fingerprint density at radius 3 is 2.47 bits per heavy atom. The maximum absolute atomic E-state index is 13.3. The number of benzene rings is 2. The summed E-state index contributed by atoms with van der Waals surface area (Å²) in [7, 11) is 0. The molecule has 7 nitrogen and oxygen atoms in total. The first-order valence-corrected chi connectivity index (χ1v) is 12.8. The number of likely N-dealkylation sites (tertiary alicyclic amines) is 1. The van der Waals surface area contributed by atoms with E-state index in [1.54, 1.807) is 10.9 Å². The summed E-state index contributed by atoms with van der Waals surface area (Å²) in [5.41, 5.74) is 6.16. The molecule has 1 aliphatic heterocycles. The predicted molar refractivity (Wildman–Crippen MR) is 143 cm³/mol. The fraction of sp³-hybridized carbons (Fsp3) is 0.345. The molecule has 2 aromatic heterocycles. The summed E-state index contributed by atoms with van der Waals surface area (Å²) < 4.78 is 3.97. The molecular formula is C29H33N5O2. The lowest BCUT2D eigenvalue weighted by molar-refractivity contribution is 0.0713. The van der Waals surface area contributed by atoms with Crippen molar-refractivity contribution in [3.8, 4) is 0 Å². The lowest BCUT2D eigenvalue weighted by Crippen LogP contribution is -2.37. The minimum absolute atomic E-state index is 0.0655. The van der Waals surface area contributed by atoms with E-state index >= 15 is 0 Å². The molecule has 2 amide bonds. The summed E-state index contributed by atoms with van der Waals surface area (Å²) >= 11 is 0. The van der Waals surface area contributed by atoms with Crippen LogP contribution in [0.3, 0.4) is 0 Å². The van der Waals surface area contributed by atoms with Crippen LogP contribution in [0.5, 0.6) is 0 Å². The van der Waals surface area contributed by atoms with Crippen LogP contribution in [0, 0.1) is 13.8 Å². The molecule has 1 saturated heterocycles. The van der Waals surface area contributed by atoms with Gasteiger partial charge in [0, 0.05) is 48.3 Å². The van der Waals surface area contributed by atoms with Crippen LogP contribution in [0.2, 0.25) is 0 Å². The second kappa shape index (κ2) is 10.0. The Kier molecular flexibility index (Phi) is 6.63. The molecule has 4 aromatic rings. The molecule has 0 spiro atoms. The Morgan fingerprint density at radius 1 is 1.00 bits per heavy atom. The van der Waals surface area contributed by atoms with Gasteiger partial charge in [-0.1, -0.05) is 30.3 Å². The van der Waals surface area contributed by atoms with Gasteiger partial charge in [0.15, 0.2) is 0 Å². The zero-order valence-corrected chi connectivity index (χ0v) is 21.3. The van der Waals surface area contributed by atoms with Crippen molar-refractivity contribution in [1.29, 1.82) is 0 Å². The van der Waals surface area contributed by atoms with Gasteiger partial charge in [0.1, 0.15) is 5.69 Å². The first kappa shape index (κ1) is 23.9. The Morgan fingerprint density at radius 2 is 1.75 bits per heavy atom. The number of hydrogen-bond donors (Lipinski definition) is 1. The van der Waals surface area contributed by atoms with E-state index in [-0.39, 0.29) is 11.8 Å². The molecule has 36 heavy (non-hydrogen) atoms. The third kappa shape index (κ3) is 4.41. The fourth-order valence-electron chi connectivity index (χ4n) is 5.14. The Hall–Kier alpha value is -3.87. The first-order valence-electron chi connectivity index (χ1n) is 12.8. The van der Waals surface area contributed by atoms with Crippen LogP contribution in [0.25, 0.3) is 10.9 Å². The van der Waals surface area contributed by atoms with E-state index in [2.05, 4.69) is 53.1 Å². The minimum Gasteiger partial charge on any atom is -0.340 e. The lowest BCUT2D eigenvalue weighted by Gasteiger charge is -2.27. The number of aryl methyl sites for hydroxylation is 2. The molecule has 1 aliphatic rings. The Balaban J connectivity index is 1.43. The van der Waals surface area contributed by atoms with Gasteiger partial charge in [-0.15, -0.1) is 0 Å². The Labute approximate surface area is 211 Å². The molecule has 1 N–H and O–H groups in total. The highest BCUT2D eigenvalue weighted by atomic mass is 16.2. The van der Waals surface area contributed by atoms with E-state index in [9.17, 15) is 9.59 Å². The maximum atomic E-state index is 13.3. The van der Waals surface area contributed by atoms with E-state index < -0.39 is 0 Å². The summed E-state index contributed by atoms with van der Waals surface area (Å²) in [5, 5.41) is 8.40. The lowest BCUT2D eigenvalue weighted by atomic mass is 10.1. The van der Waals surface area contributed by atoms with Gasteiger partial charge >= 0.3 is 0 Å². The van der Waals surface area contributed by atoms with Crippen molar-refractivity contribution in [3.63, 3.8) is 0 Å². The van der Waals surface area contributed by atoms with Crippen LogP contribution in [-0.4, -0.2) is 44.2 Å². The smallest absolute Gasteiger partial charge is 0.274 e. The van der Waals surface area contributed by atoms with E-state index in [0.29, 0.717) is 23.5 Å². The van der Waals surface area contributed by atoms with Crippen LogP contribution in [0.4, 0.5) is 5.69 Å². The normalized spacial score (nSPS) is 13.8. The zero-order valence-electron chi connectivity index (χ0n) is 21.3. The number of piperidine rings is 1. The molecule has 2 aromatic carbocycles. The molecule has 1 fully saturated rings. The van der Waals surface area contributed by atoms with E-state index in [4.69, 9.17) is 0 Å². The van der Waals surface area contributed by atoms with Gasteiger partial charge in [-0.05, 0) is 69.4 Å². The molecule has 3 heterocycles. The highest BCUT2D eigenvalue weighted by molar-refractivity contribution is 6.09. The van der Waals surface area contributed by atoms with Crippen molar-refractivity contribution >= 4 is 28.4 Å². The number of carbonyl (C=O) groups is 2. The van der Waals surface area contributed by atoms with Crippen LogP contribution in [0.15, 0.2) is 54.7 Å². The van der Waals surface area contributed by atoms with Crippen LogP contribution in [0.1, 0.15) is 63.9 Å². The number of hydrogen-bond acceptors (Lipinski definition) is 3. The molecule has 7 heteroatoms. The molecule has 0 aliphatic carbocycles. The number of nitrogens with one attached hydrogen (secondary N) is 1. The third-order valence-corrected chi connectivity index (χ3v) is 7.32. The van der Waals surface area contributed by atoms with Crippen molar-refractivity contribution in [1.82, 2.24) is 19.2 Å². The Bertz CT molecular complexity index is 1410. The first-order chi connectivity index (χ1) is 17.5. The quantitative estimate of drug-likeness (QED) is 0.399. The second-order valence-corrected chi connectivity index (χ2v) is 9.54. The topological polar surface area (TPSA) is 72.2 Å². The minimum atomic E-state index is -0.242. The third-order valence-electron chi connectivity index (χ3n) is 7.32. The summed E-state index contributed by atoms with van der Waals surface area (Å²) in [4.78, 5) is 28.5. The average Bonchev–Trinajstić information content (AvgIpc) is 3.43. The van der Waals surface area contributed by atoms with Crippen LogP contribution in [-0.2, 0) is 13.1 Å². The fourth-order valence-corrected chi connectivity index (χ4v) is 5.14. The molecule has 186 valence electrons. The molecular weight excluding hydrogens is 450 g/mol. The number of nitrogens with zero attached hydrogens (tertiary/aromatic N) is 4. The molecule has 0 unspecified atom stereocenters. The molecule has 0 bridgehead atoms. The van der Waals surface area contributed by atoms with E-state index in [1.165, 1.54) is 11.3 Å². The van der Waals surface area contributed by atoms with Gasteiger partial charge in [-0.2, -0.15) is 5.10 Å². The van der Waals surface area contributed by atoms with Crippen LogP contribution < -0.4 is 5.32 Å². The molecule has 5 rings (SSSR count). The maximum Gasteiger partial charge on any atom is 0.274 e.